The van der Waals surface area contributed by atoms with Crippen molar-refractivity contribution in [1.29, 1.82) is 0 Å². The Morgan fingerprint density at radius 3 is 2.71 bits per heavy atom. The van der Waals surface area contributed by atoms with E-state index in [1.54, 1.807) is 0 Å². The molecule has 0 aliphatic carbocycles. The summed E-state index contributed by atoms with van der Waals surface area (Å²) >= 11 is 3.63. The van der Waals surface area contributed by atoms with Crippen molar-refractivity contribution in [3.63, 3.8) is 0 Å². The number of aliphatic hydroxyl groups excluding tert-OH is 1. The van der Waals surface area contributed by atoms with Crippen LogP contribution in [0.1, 0.15) is 32.4 Å². The molecule has 3 N–H and O–H groups in total. The van der Waals surface area contributed by atoms with E-state index in [2.05, 4.69) is 40.7 Å². The number of morpholine rings is 1. The summed E-state index contributed by atoms with van der Waals surface area (Å²) in [6.45, 7) is 7.65. The van der Waals surface area contributed by atoms with Gasteiger partial charge < -0.3 is 15.6 Å². The van der Waals surface area contributed by atoms with Gasteiger partial charge in [0, 0.05) is 23.6 Å². The number of nitrogens with zero attached hydrogens (tertiary/aromatic N) is 1. The minimum absolute atomic E-state index is 0.0167. The molecule has 3 unspecified atom stereocenters. The maximum Gasteiger partial charge on any atom is 0.0940 e. The molecular formula is C16H25BrN2O2. The fourth-order valence-corrected chi connectivity index (χ4v) is 3.69. The van der Waals surface area contributed by atoms with Gasteiger partial charge in [0.25, 0.3) is 0 Å². The lowest BCUT2D eigenvalue weighted by Gasteiger charge is -2.46. The molecule has 0 bridgehead atoms. The topological polar surface area (TPSA) is 58.7 Å². The van der Waals surface area contributed by atoms with Crippen LogP contribution in [0.3, 0.4) is 0 Å². The fraction of sp³-hybridized carbons (Fsp3) is 0.625. The van der Waals surface area contributed by atoms with Crippen LogP contribution in [0.2, 0.25) is 0 Å². The zero-order valence-corrected chi connectivity index (χ0v) is 14.5. The number of aliphatic hydroxyl groups is 1. The van der Waals surface area contributed by atoms with Crippen molar-refractivity contribution >= 4 is 15.9 Å². The van der Waals surface area contributed by atoms with E-state index in [9.17, 15) is 5.11 Å². The molecule has 0 spiro atoms. The van der Waals surface area contributed by atoms with E-state index >= 15 is 0 Å². The van der Waals surface area contributed by atoms with E-state index in [-0.39, 0.29) is 30.4 Å². The third-order valence-electron chi connectivity index (χ3n) is 3.83. The monoisotopic (exact) mass is 356 g/mol. The maximum absolute atomic E-state index is 9.49. The Bertz CT molecular complexity index is 479. The highest BCUT2D eigenvalue weighted by Gasteiger charge is 2.38. The molecule has 1 aromatic rings. The Morgan fingerprint density at radius 1 is 1.48 bits per heavy atom. The van der Waals surface area contributed by atoms with Crippen LogP contribution >= 0.6 is 15.9 Å². The van der Waals surface area contributed by atoms with Crippen molar-refractivity contribution < 1.29 is 9.84 Å². The number of halogens is 1. The molecule has 0 saturated carbocycles. The predicted octanol–water partition coefficient (Wildman–Crippen LogP) is 2.31. The van der Waals surface area contributed by atoms with Gasteiger partial charge in [-0.2, -0.15) is 0 Å². The minimum atomic E-state index is -0.292. The molecule has 1 heterocycles. The van der Waals surface area contributed by atoms with Crippen LogP contribution < -0.4 is 5.73 Å². The maximum atomic E-state index is 9.49. The fourth-order valence-electron chi connectivity index (χ4n) is 3.18. The molecule has 0 amide bonds. The Kier molecular flexibility index (Phi) is 5.43. The van der Waals surface area contributed by atoms with Crippen molar-refractivity contribution in [2.75, 3.05) is 19.7 Å². The number of ether oxygens (including phenoxy) is 1. The Balaban J connectivity index is 2.32. The van der Waals surface area contributed by atoms with Gasteiger partial charge in [0.2, 0.25) is 0 Å². The number of rotatable bonds is 4. The van der Waals surface area contributed by atoms with Crippen molar-refractivity contribution in [1.82, 2.24) is 4.90 Å². The third kappa shape index (κ3) is 4.05. The zero-order chi connectivity index (χ0) is 15.6. The molecule has 4 nitrogen and oxygen atoms in total. The summed E-state index contributed by atoms with van der Waals surface area (Å²) in [5.41, 5.74) is 7.17. The molecular weight excluding hydrogens is 332 g/mol. The largest absolute Gasteiger partial charge is 0.394 e. The van der Waals surface area contributed by atoms with Gasteiger partial charge in [0.05, 0.1) is 24.4 Å². The lowest BCUT2D eigenvalue weighted by molar-refractivity contribution is -0.158. The van der Waals surface area contributed by atoms with Crippen LogP contribution in [0.4, 0.5) is 0 Å². The summed E-state index contributed by atoms with van der Waals surface area (Å²) in [7, 11) is 0. The van der Waals surface area contributed by atoms with Gasteiger partial charge in [0.15, 0.2) is 0 Å². The summed E-state index contributed by atoms with van der Waals surface area (Å²) in [6.07, 6.45) is -0.169. The average molecular weight is 357 g/mol. The SMILES string of the molecule is CC(N)C(c1ccccc1Br)N1CC(CO)OC(C)(C)C1. The van der Waals surface area contributed by atoms with Gasteiger partial charge in [-0.3, -0.25) is 4.90 Å². The molecule has 1 aliphatic rings. The number of nitrogens with two attached hydrogens (primary N) is 1. The highest BCUT2D eigenvalue weighted by Crippen LogP contribution is 2.34. The first-order valence-corrected chi connectivity index (χ1v) is 8.16. The first-order chi connectivity index (χ1) is 9.84. The van der Waals surface area contributed by atoms with E-state index in [0.29, 0.717) is 6.54 Å². The van der Waals surface area contributed by atoms with Gasteiger partial charge >= 0.3 is 0 Å². The van der Waals surface area contributed by atoms with Crippen LogP contribution in [-0.4, -0.2) is 47.4 Å². The summed E-state index contributed by atoms with van der Waals surface area (Å²) in [5.74, 6) is 0. The summed E-state index contributed by atoms with van der Waals surface area (Å²) < 4.78 is 6.97. The minimum Gasteiger partial charge on any atom is -0.394 e. The quantitative estimate of drug-likeness (QED) is 0.868. The lowest BCUT2D eigenvalue weighted by atomic mass is 9.95. The molecule has 0 aromatic heterocycles. The molecule has 1 fully saturated rings. The van der Waals surface area contributed by atoms with Crippen LogP contribution in [0.25, 0.3) is 0 Å². The molecule has 118 valence electrons. The van der Waals surface area contributed by atoms with Crippen molar-refractivity contribution in [3.05, 3.63) is 34.3 Å². The Labute approximate surface area is 135 Å². The zero-order valence-electron chi connectivity index (χ0n) is 12.9. The molecule has 21 heavy (non-hydrogen) atoms. The number of hydrogen-bond acceptors (Lipinski definition) is 4. The van der Waals surface area contributed by atoms with E-state index < -0.39 is 0 Å². The van der Waals surface area contributed by atoms with Gasteiger partial charge in [-0.05, 0) is 32.4 Å². The average Bonchev–Trinajstić information content (AvgIpc) is 2.39. The first kappa shape index (κ1) is 16.9. The highest BCUT2D eigenvalue weighted by molar-refractivity contribution is 9.10. The second-order valence-corrected chi connectivity index (χ2v) is 7.29. The van der Waals surface area contributed by atoms with Gasteiger partial charge in [0.1, 0.15) is 0 Å². The summed E-state index contributed by atoms with van der Waals surface area (Å²) in [6, 6.07) is 8.26. The molecule has 2 rings (SSSR count). The smallest absolute Gasteiger partial charge is 0.0940 e. The molecule has 1 saturated heterocycles. The van der Waals surface area contributed by atoms with E-state index in [4.69, 9.17) is 10.5 Å². The molecule has 5 heteroatoms. The standard InChI is InChI=1S/C16H25BrN2O2/c1-11(18)15(13-6-4-5-7-14(13)17)19-8-12(9-20)21-16(2,3)10-19/h4-7,11-12,15,20H,8-10,18H2,1-3H3. The van der Waals surface area contributed by atoms with Crippen LogP contribution in [0, 0.1) is 0 Å². The summed E-state index contributed by atoms with van der Waals surface area (Å²) in [5, 5.41) is 9.49. The van der Waals surface area contributed by atoms with Gasteiger partial charge in [-0.25, -0.2) is 0 Å². The lowest BCUT2D eigenvalue weighted by Crippen LogP contribution is -2.56. The Hall–Kier alpha value is -0.460. The molecule has 1 aliphatic heterocycles. The second kappa shape index (κ2) is 6.75. The normalized spacial score (nSPS) is 25.5. The first-order valence-electron chi connectivity index (χ1n) is 7.37. The number of benzene rings is 1. The van der Waals surface area contributed by atoms with Crippen molar-refractivity contribution in [3.8, 4) is 0 Å². The highest BCUT2D eigenvalue weighted by atomic mass is 79.9. The van der Waals surface area contributed by atoms with Crippen LogP contribution in [-0.2, 0) is 4.74 Å². The molecule has 0 radical (unpaired) electrons. The van der Waals surface area contributed by atoms with E-state index in [1.165, 1.54) is 5.56 Å². The number of hydrogen-bond donors (Lipinski definition) is 2. The molecule has 1 aromatic carbocycles. The molecule has 3 atom stereocenters. The van der Waals surface area contributed by atoms with Crippen molar-refractivity contribution in [2.24, 2.45) is 5.73 Å². The van der Waals surface area contributed by atoms with E-state index in [1.807, 2.05) is 25.1 Å². The Morgan fingerprint density at radius 2 is 2.14 bits per heavy atom. The third-order valence-corrected chi connectivity index (χ3v) is 4.55. The van der Waals surface area contributed by atoms with Crippen LogP contribution in [0.5, 0.6) is 0 Å². The van der Waals surface area contributed by atoms with Crippen LogP contribution in [0.15, 0.2) is 28.7 Å². The predicted molar refractivity (Wildman–Crippen MR) is 88.1 cm³/mol. The second-order valence-electron chi connectivity index (χ2n) is 6.44. The van der Waals surface area contributed by atoms with E-state index in [0.717, 1.165) is 11.0 Å². The van der Waals surface area contributed by atoms with Gasteiger partial charge in [-0.1, -0.05) is 34.1 Å². The van der Waals surface area contributed by atoms with Crippen molar-refractivity contribution in [2.45, 2.75) is 44.6 Å². The van der Waals surface area contributed by atoms with Gasteiger partial charge in [-0.15, -0.1) is 0 Å². The summed E-state index contributed by atoms with van der Waals surface area (Å²) in [4.78, 5) is 2.33.